The molecule has 1 atom stereocenters. The van der Waals surface area contributed by atoms with E-state index in [0.717, 1.165) is 93.4 Å². The van der Waals surface area contributed by atoms with Crippen LogP contribution in [0.2, 0.25) is 5.02 Å². The minimum Gasteiger partial charge on any atom is -0.476 e. The van der Waals surface area contributed by atoms with Gasteiger partial charge in [0.15, 0.2) is 0 Å². The predicted octanol–water partition coefficient (Wildman–Crippen LogP) is 9.10. The Kier molecular flexibility index (Phi) is 12.4. The number of sulfonamides is 1. The lowest BCUT2D eigenvalue weighted by Gasteiger charge is -2.39. The zero-order valence-electron chi connectivity index (χ0n) is 38.0. The minimum atomic E-state index is -4.58. The van der Waals surface area contributed by atoms with Gasteiger partial charge in [-0.1, -0.05) is 43.2 Å². The summed E-state index contributed by atoms with van der Waals surface area (Å²) in [4.78, 5) is 40.8. The van der Waals surface area contributed by atoms with E-state index in [9.17, 15) is 23.3 Å². The van der Waals surface area contributed by atoms with Gasteiger partial charge in [0, 0.05) is 86.9 Å². The number of amides is 1. The molecule has 10 rings (SSSR count). The fraction of sp³-hybridized carbons (Fsp3) is 0.440. The number of pyridine rings is 1. The number of H-pyrrole nitrogens is 1. The third-order valence-electron chi connectivity index (χ3n) is 14.3. The van der Waals surface area contributed by atoms with Crippen LogP contribution in [0.15, 0.2) is 83.4 Å². The van der Waals surface area contributed by atoms with E-state index >= 15 is 0 Å². The molecule has 0 bridgehead atoms. The van der Waals surface area contributed by atoms with Gasteiger partial charge in [0.1, 0.15) is 17.0 Å². The summed E-state index contributed by atoms with van der Waals surface area (Å²) < 4.78 is 42.4. The van der Waals surface area contributed by atoms with Crippen LogP contribution in [0, 0.1) is 21.4 Å². The number of nitrogens with zero attached hydrogens (tertiary/aromatic N) is 5. The maximum Gasteiger partial charge on any atom is 0.293 e. The lowest BCUT2D eigenvalue weighted by molar-refractivity contribution is -0.384. The van der Waals surface area contributed by atoms with Crippen molar-refractivity contribution < 1.29 is 27.6 Å². The topological polar surface area (TPSA) is 175 Å². The molecule has 352 valence electrons. The predicted molar refractivity (Wildman–Crippen MR) is 261 cm³/mol. The molecule has 2 saturated heterocycles. The van der Waals surface area contributed by atoms with E-state index in [1.54, 1.807) is 12.3 Å². The lowest BCUT2D eigenvalue weighted by atomic mass is 9.72. The highest BCUT2D eigenvalue weighted by molar-refractivity contribution is 7.90. The summed E-state index contributed by atoms with van der Waals surface area (Å²) in [5.41, 5.74) is 7.74. The molecule has 4 aliphatic heterocycles. The first kappa shape index (κ1) is 45.1. The number of rotatable bonds is 11. The number of piperazine rings is 1. The number of aromatic nitrogens is 2. The molecule has 0 radical (unpaired) electrons. The molecule has 2 fully saturated rings. The Labute approximate surface area is 396 Å². The Morgan fingerprint density at radius 1 is 0.985 bits per heavy atom. The molecule has 0 saturated carbocycles. The van der Waals surface area contributed by atoms with Gasteiger partial charge < -0.3 is 29.6 Å². The van der Waals surface area contributed by atoms with Gasteiger partial charge in [-0.15, -0.1) is 0 Å². The van der Waals surface area contributed by atoms with Crippen molar-refractivity contribution in [2.75, 3.05) is 74.2 Å². The van der Waals surface area contributed by atoms with Gasteiger partial charge in [0.2, 0.25) is 5.88 Å². The first-order valence-corrected chi connectivity index (χ1v) is 25.3. The number of hydrogen-bond donors (Lipinski definition) is 3. The van der Waals surface area contributed by atoms with Gasteiger partial charge in [0.05, 0.1) is 27.7 Å². The average Bonchev–Trinajstić information content (AvgIpc) is 3.90. The molecule has 3 N–H and O–H groups in total. The van der Waals surface area contributed by atoms with Crippen molar-refractivity contribution in [1.82, 2.24) is 19.6 Å². The molecule has 15 nitrogen and oxygen atoms in total. The summed E-state index contributed by atoms with van der Waals surface area (Å²) in [6, 6.07) is 20.1. The highest BCUT2D eigenvalue weighted by Crippen LogP contribution is 2.45. The van der Waals surface area contributed by atoms with Crippen molar-refractivity contribution in [3.63, 3.8) is 0 Å². The zero-order valence-corrected chi connectivity index (χ0v) is 39.6. The Hall–Kier alpha value is -5.68. The second-order valence-electron chi connectivity index (χ2n) is 19.5. The second-order valence-corrected chi connectivity index (χ2v) is 21.6. The summed E-state index contributed by atoms with van der Waals surface area (Å²) in [6.07, 6.45) is 8.68. The second kappa shape index (κ2) is 18.4. The number of halogens is 1. The third-order valence-corrected chi connectivity index (χ3v) is 15.8. The van der Waals surface area contributed by atoms with Gasteiger partial charge in [-0.2, -0.15) is 4.98 Å². The lowest BCUT2D eigenvalue weighted by Crippen LogP contribution is -2.47. The molecular formula is C50H57ClN8O7S. The monoisotopic (exact) mass is 948 g/mol. The van der Waals surface area contributed by atoms with E-state index in [2.05, 4.69) is 50.8 Å². The maximum atomic E-state index is 14.5. The van der Waals surface area contributed by atoms with E-state index in [4.69, 9.17) is 26.1 Å². The molecular weight excluding hydrogens is 892 g/mol. The molecule has 5 aliphatic rings. The van der Waals surface area contributed by atoms with Crippen LogP contribution < -0.4 is 24.6 Å². The molecule has 0 spiro atoms. The van der Waals surface area contributed by atoms with Gasteiger partial charge in [-0.25, -0.2) is 13.1 Å². The Balaban J connectivity index is 0.930. The summed E-state index contributed by atoms with van der Waals surface area (Å²) in [5, 5.41) is 17.3. The van der Waals surface area contributed by atoms with Gasteiger partial charge in [-0.05, 0) is 128 Å². The number of allylic oxidation sites excluding steroid dienone is 1. The van der Waals surface area contributed by atoms with E-state index in [-0.39, 0.29) is 27.6 Å². The molecule has 1 amide bonds. The summed E-state index contributed by atoms with van der Waals surface area (Å²) in [6.45, 7) is 11.0. The molecule has 1 aliphatic carbocycles. The Morgan fingerprint density at radius 2 is 1.78 bits per heavy atom. The number of anilines is 4. The number of nitro groups is 1. The average molecular weight is 950 g/mol. The zero-order chi connectivity index (χ0) is 46.5. The van der Waals surface area contributed by atoms with E-state index in [0.29, 0.717) is 79.3 Å². The molecule has 17 heteroatoms. The molecule has 2 aromatic heterocycles. The first-order chi connectivity index (χ1) is 32.3. The number of ether oxygens (including phenoxy) is 2. The number of carbonyl (C=O) groups excluding carboxylic acids is 1. The van der Waals surface area contributed by atoms with Gasteiger partial charge >= 0.3 is 0 Å². The number of aromatic amines is 1. The number of nitro benzene ring substituents is 1. The van der Waals surface area contributed by atoms with E-state index in [1.165, 1.54) is 22.8 Å². The number of hydrogen-bond acceptors (Lipinski definition) is 12. The molecule has 6 heterocycles. The summed E-state index contributed by atoms with van der Waals surface area (Å²) in [7, 11) is -4.58. The number of fused-ring (bicyclic) bond motifs is 3. The number of nitrogens with one attached hydrogen (secondary N) is 3. The van der Waals surface area contributed by atoms with E-state index < -0.39 is 20.9 Å². The van der Waals surface area contributed by atoms with Crippen LogP contribution >= 0.6 is 11.6 Å². The number of benzene rings is 3. The Morgan fingerprint density at radius 3 is 2.55 bits per heavy atom. The highest BCUT2D eigenvalue weighted by Gasteiger charge is 2.35. The van der Waals surface area contributed by atoms with Gasteiger partial charge in [0.25, 0.3) is 21.6 Å². The third kappa shape index (κ3) is 9.58. The fourth-order valence-electron chi connectivity index (χ4n) is 10.6. The summed E-state index contributed by atoms with van der Waals surface area (Å²) >= 11 is 6.28. The van der Waals surface area contributed by atoms with Crippen molar-refractivity contribution in [1.29, 1.82) is 0 Å². The van der Waals surface area contributed by atoms with Crippen molar-refractivity contribution in [3.8, 4) is 5.88 Å². The molecule has 1 unspecified atom stereocenters. The van der Waals surface area contributed by atoms with Crippen LogP contribution in [0.25, 0.3) is 16.6 Å². The quantitative estimate of drug-likeness (QED) is 0.0848. The van der Waals surface area contributed by atoms with Crippen molar-refractivity contribution in [2.24, 2.45) is 11.3 Å². The van der Waals surface area contributed by atoms with Crippen LogP contribution in [0.5, 0.6) is 5.88 Å². The number of carbonyl (C=O) groups is 1. The maximum absolute atomic E-state index is 14.5. The van der Waals surface area contributed by atoms with Crippen molar-refractivity contribution in [2.45, 2.75) is 76.2 Å². The SMILES string of the molecule is CC1(C)CCC(CN2CCN(c3ccc(C(=O)NS(=O)(=O)c4cc5c(c([N+](=O)[O-])c4)NC(CC4CCOCC4)C5)c(N4CCCOc5nc6[nH]ccc6cc54)c3)CC2)=C(c2ccc(Cl)cc2)C1. The standard InChI is InChI=1S/C50H57ClN8O7S/c1-50(2)14-10-35(42(30-50)33-4-6-37(51)7-5-33)31-56-17-19-57(20-18-56)39-8-9-41(43(28-39)58-16-3-21-66-49-45(58)27-34-11-15-52-47(34)54-49)48(60)55-67(63,64)40-26-36-25-38(24-32-12-22-65-23-13-32)53-46(36)44(29-40)59(61)62/h4-9,11,15,26-29,32,38,53H,3,10,12-14,16-25,30-31H2,1-2H3,(H,52,54)(H,55,60). The van der Waals surface area contributed by atoms with E-state index in [1.807, 2.05) is 41.3 Å². The highest BCUT2D eigenvalue weighted by atomic mass is 35.5. The van der Waals surface area contributed by atoms with Crippen molar-refractivity contribution in [3.05, 3.63) is 110 Å². The van der Waals surface area contributed by atoms with Crippen LogP contribution in [0.1, 0.15) is 80.3 Å². The minimum absolute atomic E-state index is 0.0780. The van der Waals surface area contributed by atoms with Crippen LogP contribution in [0.4, 0.5) is 28.4 Å². The van der Waals surface area contributed by atoms with Crippen molar-refractivity contribution >= 4 is 72.6 Å². The molecule has 67 heavy (non-hydrogen) atoms. The van der Waals surface area contributed by atoms with Crippen LogP contribution in [-0.4, -0.2) is 99.2 Å². The van der Waals surface area contributed by atoms with Gasteiger partial charge in [-0.3, -0.25) is 19.8 Å². The smallest absolute Gasteiger partial charge is 0.293 e. The normalized spacial score (nSPS) is 20.2. The summed E-state index contributed by atoms with van der Waals surface area (Å²) in [5.74, 6) is -0.0438. The van der Waals surface area contributed by atoms with Crippen LogP contribution in [-0.2, 0) is 21.2 Å². The molecule has 3 aromatic carbocycles. The van der Waals surface area contributed by atoms with Crippen LogP contribution in [0.3, 0.4) is 0 Å². The fourth-order valence-corrected chi connectivity index (χ4v) is 11.8. The molecule has 5 aromatic rings. The largest absolute Gasteiger partial charge is 0.476 e. The first-order valence-electron chi connectivity index (χ1n) is 23.5. The Bertz CT molecular complexity index is 2850.